The number of hydrogen-bond donors (Lipinski definition) is 2. The maximum absolute atomic E-state index is 13.4. The summed E-state index contributed by atoms with van der Waals surface area (Å²) in [5, 5.41) is 15.8. The molecule has 0 fully saturated rings. The van der Waals surface area contributed by atoms with Crippen LogP contribution in [0.5, 0.6) is 5.75 Å². The molecule has 0 aliphatic rings. The highest BCUT2D eigenvalue weighted by Crippen LogP contribution is 2.30. The zero-order valence-electron chi connectivity index (χ0n) is 22.8. The van der Waals surface area contributed by atoms with Gasteiger partial charge in [-0.25, -0.2) is 9.18 Å². The van der Waals surface area contributed by atoms with Gasteiger partial charge in [0.15, 0.2) is 11.0 Å². The second-order valence-corrected chi connectivity index (χ2v) is 10.4. The number of carbonyl (C=O) groups excluding carboxylic acids is 1. The summed E-state index contributed by atoms with van der Waals surface area (Å²) < 4.78 is 20.8. The minimum Gasteiger partial charge on any atom is -0.495 e. The lowest BCUT2D eigenvalue weighted by atomic mass is 10.1. The first kappa shape index (κ1) is 27.9. The van der Waals surface area contributed by atoms with Crippen LogP contribution in [0.1, 0.15) is 28.6 Å². The Bertz CT molecular complexity index is 1590. The van der Waals surface area contributed by atoms with Crippen LogP contribution in [0.4, 0.5) is 14.9 Å². The minimum atomic E-state index is -0.513. The molecular weight excluding hydrogens is 537 g/mol. The van der Waals surface area contributed by atoms with E-state index in [1.54, 1.807) is 31.4 Å². The number of nitrogens with one attached hydrogen (secondary N) is 2. The second kappa shape index (κ2) is 13.1. The van der Waals surface area contributed by atoms with E-state index in [0.717, 1.165) is 22.4 Å². The molecule has 1 unspecified atom stereocenters. The van der Waals surface area contributed by atoms with Crippen molar-refractivity contribution in [1.82, 2.24) is 20.1 Å². The largest absolute Gasteiger partial charge is 0.495 e. The highest BCUT2D eigenvalue weighted by atomic mass is 32.2. The van der Waals surface area contributed by atoms with E-state index in [1.807, 2.05) is 78.2 Å². The molecule has 2 amide bonds. The molecule has 5 rings (SSSR count). The molecule has 7 nitrogen and oxygen atoms in total. The Balaban J connectivity index is 1.49. The number of anilines is 1. The predicted molar refractivity (Wildman–Crippen MR) is 160 cm³/mol. The number of hydrogen-bond acceptors (Lipinski definition) is 5. The third kappa shape index (κ3) is 7.12. The SMILES string of the molecule is COc1ccccc1NC(=O)NC(Cc1ccccc1)c1nnc(SCc2ccc(F)cc2)n1-c1ccc(C)cc1. The summed E-state index contributed by atoms with van der Waals surface area (Å²) >= 11 is 1.50. The number of amides is 2. The third-order valence-electron chi connectivity index (χ3n) is 6.49. The van der Waals surface area contributed by atoms with Crippen molar-refractivity contribution in [1.29, 1.82) is 0 Å². The fourth-order valence-corrected chi connectivity index (χ4v) is 5.30. The van der Waals surface area contributed by atoms with E-state index in [1.165, 1.54) is 23.9 Å². The van der Waals surface area contributed by atoms with E-state index in [4.69, 9.17) is 4.74 Å². The quantitative estimate of drug-likeness (QED) is 0.176. The van der Waals surface area contributed by atoms with E-state index < -0.39 is 12.1 Å². The fourth-order valence-electron chi connectivity index (χ4n) is 4.39. The van der Waals surface area contributed by atoms with Gasteiger partial charge in [-0.3, -0.25) is 4.57 Å². The molecule has 208 valence electrons. The molecule has 0 saturated carbocycles. The predicted octanol–water partition coefficient (Wildman–Crippen LogP) is 7.12. The number of rotatable bonds is 10. The van der Waals surface area contributed by atoms with Gasteiger partial charge < -0.3 is 15.4 Å². The Morgan fingerprint density at radius 1 is 0.902 bits per heavy atom. The minimum absolute atomic E-state index is 0.273. The Kier molecular flexibility index (Phi) is 8.95. The zero-order chi connectivity index (χ0) is 28.6. The lowest BCUT2D eigenvalue weighted by Gasteiger charge is -2.21. The first-order valence-corrected chi connectivity index (χ1v) is 14.1. The third-order valence-corrected chi connectivity index (χ3v) is 7.49. The van der Waals surface area contributed by atoms with E-state index in [0.29, 0.717) is 34.6 Å². The standard InChI is InChI=1S/C32H30FN5O2S/c1-22-12-18-26(19-13-22)38-30(36-37-32(38)41-21-24-14-16-25(33)17-15-24)28(20-23-8-4-3-5-9-23)35-31(39)34-27-10-6-7-11-29(27)40-2/h3-19,28H,20-21H2,1-2H3,(H2,34,35,39). The number of methoxy groups -OCH3 is 1. The molecule has 0 spiro atoms. The lowest BCUT2D eigenvalue weighted by Crippen LogP contribution is -2.35. The Labute approximate surface area is 242 Å². The van der Waals surface area contributed by atoms with Gasteiger partial charge in [-0.1, -0.05) is 84.1 Å². The number of nitrogens with zero attached hydrogens (tertiary/aromatic N) is 3. The Hall–Kier alpha value is -4.63. The van der Waals surface area contributed by atoms with Crippen molar-refractivity contribution in [3.8, 4) is 11.4 Å². The lowest BCUT2D eigenvalue weighted by molar-refractivity contribution is 0.247. The Morgan fingerprint density at radius 3 is 2.34 bits per heavy atom. The van der Waals surface area contributed by atoms with Gasteiger partial charge >= 0.3 is 6.03 Å². The summed E-state index contributed by atoms with van der Waals surface area (Å²) in [6.45, 7) is 2.03. The van der Waals surface area contributed by atoms with Crippen LogP contribution in [0.15, 0.2) is 108 Å². The topological polar surface area (TPSA) is 81.1 Å². The number of thioether (sulfide) groups is 1. The molecule has 0 bridgehead atoms. The van der Waals surface area contributed by atoms with Crippen molar-refractivity contribution in [2.24, 2.45) is 0 Å². The molecule has 9 heteroatoms. The smallest absolute Gasteiger partial charge is 0.319 e. The second-order valence-electron chi connectivity index (χ2n) is 9.47. The summed E-state index contributed by atoms with van der Waals surface area (Å²) in [6.07, 6.45) is 0.493. The van der Waals surface area contributed by atoms with Crippen molar-refractivity contribution in [3.63, 3.8) is 0 Å². The van der Waals surface area contributed by atoms with E-state index in [-0.39, 0.29) is 5.82 Å². The summed E-state index contributed by atoms with van der Waals surface area (Å²) in [6, 6.07) is 30.8. The number of halogens is 1. The molecule has 1 aromatic heterocycles. The van der Waals surface area contributed by atoms with E-state index in [2.05, 4.69) is 20.8 Å². The van der Waals surface area contributed by atoms with Crippen molar-refractivity contribution < 1.29 is 13.9 Å². The molecule has 0 aliphatic heterocycles. The summed E-state index contributed by atoms with van der Waals surface area (Å²) in [5.74, 6) is 1.46. The van der Waals surface area contributed by atoms with Gasteiger partial charge in [-0.15, -0.1) is 10.2 Å². The molecule has 1 atom stereocenters. The number of aryl methyl sites for hydroxylation is 1. The van der Waals surface area contributed by atoms with Gasteiger partial charge in [0.2, 0.25) is 0 Å². The first-order valence-electron chi connectivity index (χ1n) is 13.1. The maximum atomic E-state index is 13.4. The average Bonchev–Trinajstić information content (AvgIpc) is 3.41. The number of urea groups is 1. The van der Waals surface area contributed by atoms with Crippen LogP contribution in [-0.4, -0.2) is 27.9 Å². The van der Waals surface area contributed by atoms with Gasteiger partial charge in [0.05, 0.1) is 18.8 Å². The van der Waals surface area contributed by atoms with Gasteiger partial charge in [-0.05, 0) is 54.4 Å². The van der Waals surface area contributed by atoms with Crippen molar-refractivity contribution in [2.45, 2.75) is 30.3 Å². The van der Waals surface area contributed by atoms with Crippen molar-refractivity contribution >= 4 is 23.5 Å². The van der Waals surface area contributed by atoms with Crippen LogP contribution in [0, 0.1) is 12.7 Å². The number of ether oxygens (including phenoxy) is 1. The Morgan fingerprint density at radius 2 is 1.61 bits per heavy atom. The molecule has 0 radical (unpaired) electrons. The van der Waals surface area contributed by atoms with Gasteiger partial charge in [-0.2, -0.15) is 0 Å². The first-order chi connectivity index (χ1) is 20.0. The number of benzene rings is 4. The summed E-state index contributed by atoms with van der Waals surface area (Å²) in [4.78, 5) is 13.3. The summed E-state index contributed by atoms with van der Waals surface area (Å²) in [5.41, 5.74) is 4.56. The molecule has 4 aromatic carbocycles. The van der Waals surface area contributed by atoms with Crippen LogP contribution in [0.25, 0.3) is 5.69 Å². The van der Waals surface area contributed by atoms with Crippen molar-refractivity contribution in [2.75, 3.05) is 12.4 Å². The molecule has 0 aliphatic carbocycles. The molecular formula is C32H30FN5O2S. The van der Waals surface area contributed by atoms with Crippen LogP contribution >= 0.6 is 11.8 Å². The number of carbonyl (C=O) groups is 1. The van der Waals surface area contributed by atoms with Gasteiger partial charge in [0, 0.05) is 17.9 Å². The van der Waals surface area contributed by atoms with E-state index in [9.17, 15) is 9.18 Å². The maximum Gasteiger partial charge on any atom is 0.319 e. The summed E-state index contributed by atoms with van der Waals surface area (Å²) in [7, 11) is 1.56. The molecule has 2 N–H and O–H groups in total. The normalized spacial score (nSPS) is 11.6. The monoisotopic (exact) mass is 567 g/mol. The molecule has 1 heterocycles. The number of aromatic nitrogens is 3. The van der Waals surface area contributed by atoms with Crippen molar-refractivity contribution in [3.05, 3.63) is 131 Å². The van der Waals surface area contributed by atoms with Crippen LogP contribution in [0.3, 0.4) is 0 Å². The molecule has 5 aromatic rings. The fraction of sp³-hybridized carbons (Fsp3) is 0.156. The van der Waals surface area contributed by atoms with Crippen LogP contribution in [0.2, 0.25) is 0 Å². The average molecular weight is 568 g/mol. The van der Waals surface area contributed by atoms with Crippen LogP contribution in [-0.2, 0) is 12.2 Å². The molecule has 0 saturated heterocycles. The molecule has 41 heavy (non-hydrogen) atoms. The van der Waals surface area contributed by atoms with Crippen LogP contribution < -0.4 is 15.4 Å². The number of para-hydroxylation sites is 2. The highest BCUT2D eigenvalue weighted by molar-refractivity contribution is 7.98. The van der Waals surface area contributed by atoms with Gasteiger partial charge in [0.1, 0.15) is 11.6 Å². The zero-order valence-corrected chi connectivity index (χ0v) is 23.6. The highest BCUT2D eigenvalue weighted by Gasteiger charge is 2.25. The van der Waals surface area contributed by atoms with E-state index >= 15 is 0 Å². The van der Waals surface area contributed by atoms with Gasteiger partial charge in [0.25, 0.3) is 0 Å².